The van der Waals surface area contributed by atoms with Crippen LogP contribution < -0.4 is 10.5 Å². The van der Waals surface area contributed by atoms with Gasteiger partial charge in [0.2, 0.25) is 10.0 Å². The normalized spacial score (nSPS) is 17.2. The van der Waals surface area contributed by atoms with E-state index in [-0.39, 0.29) is 17.4 Å². The van der Waals surface area contributed by atoms with Gasteiger partial charge in [0.25, 0.3) is 0 Å². The van der Waals surface area contributed by atoms with Gasteiger partial charge in [0.05, 0.1) is 7.11 Å². The number of methoxy groups -OCH3 is 1. The number of rotatable bonds is 4. The molecule has 1 fully saturated rings. The highest BCUT2D eigenvalue weighted by molar-refractivity contribution is 7.89. The van der Waals surface area contributed by atoms with E-state index >= 15 is 0 Å². The third-order valence-corrected chi connectivity index (χ3v) is 5.20. The molecule has 0 aromatic heterocycles. The van der Waals surface area contributed by atoms with Crippen molar-refractivity contribution in [2.24, 2.45) is 5.92 Å². The van der Waals surface area contributed by atoms with Crippen LogP contribution in [0.25, 0.3) is 0 Å². The van der Waals surface area contributed by atoms with Gasteiger partial charge >= 0.3 is 0 Å². The maximum atomic E-state index is 12.4. The predicted octanol–water partition coefficient (Wildman–Crippen LogP) is 0.199. The SMILES string of the molecule is COc1cc(C)c(N)cc1S(=O)(=O)N1CC(CO)C1. The summed E-state index contributed by atoms with van der Waals surface area (Å²) in [6.45, 7) is 2.45. The van der Waals surface area contributed by atoms with Gasteiger partial charge < -0.3 is 15.6 Å². The number of anilines is 1. The molecule has 6 nitrogen and oxygen atoms in total. The van der Waals surface area contributed by atoms with E-state index in [2.05, 4.69) is 0 Å². The van der Waals surface area contributed by atoms with Gasteiger partial charge in [-0.3, -0.25) is 0 Å². The minimum absolute atomic E-state index is 0.000802. The number of nitrogens with zero attached hydrogens (tertiary/aromatic N) is 1. The lowest BCUT2D eigenvalue weighted by Crippen LogP contribution is -2.51. The van der Waals surface area contributed by atoms with E-state index in [1.54, 1.807) is 13.0 Å². The molecule has 1 aliphatic rings. The molecule has 1 heterocycles. The first-order chi connectivity index (χ1) is 8.90. The molecule has 1 aromatic carbocycles. The van der Waals surface area contributed by atoms with Gasteiger partial charge in [0.15, 0.2) is 0 Å². The van der Waals surface area contributed by atoms with Gasteiger partial charge in [0, 0.05) is 31.3 Å². The van der Waals surface area contributed by atoms with Crippen molar-refractivity contribution in [1.29, 1.82) is 0 Å². The average molecular weight is 286 g/mol. The van der Waals surface area contributed by atoms with E-state index in [0.717, 1.165) is 5.56 Å². The summed E-state index contributed by atoms with van der Waals surface area (Å²) in [6.07, 6.45) is 0. The smallest absolute Gasteiger partial charge is 0.246 e. The van der Waals surface area contributed by atoms with Crippen LogP contribution in [-0.4, -0.2) is 44.6 Å². The predicted molar refractivity (Wildman–Crippen MR) is 71.5 cm³/mol. The Morgan fingerprint density at radius 2 is 2.11 bits per heavy atom. The molecule has 0 spiro atoms. The monoisotopic (exact) mass is 286 g/mol. The quantitative estimate of drug-likeness (QED) is 0.771. The Kier molecular flexibility index (Phi) is 3.71. The lowest BCUT2D eigenvalue weighted by Gasteiger charge is -2.37. The summed E-state index contributed by atoms with van der Waals surface area (Å²) in [6, 6.07) is 3.04. The van der Waals surface area contributed by atoms with E-state index in [1.165, 1.54) is 17.5 Å². The number of aliphatic hydroxyl groups is 1. The summed E-state index contributed by atoms with van der Waals surface area (Å²) in [5.41, 5.74) is 6.96. The van der Waals surface area contributed by atoms with Gasteiger partial charge in [-0.25, -0.2) is 8.42 Å². The average Bonchev–Trinajstić information content (AvgIpc) is 2.30. The van der Waals surface area contributed by atoms with Gasteiger partial charge in [-0.2, -0.15) is 4.31 Å². The summed E-state index contributed by atoms with van der Waals surface area (Å²) in [7, 11) is -2.18. The molecule has 1 saturated heterocycles. The van der Waals surface area contributed by atoms with Crippen LogP contribution in [0, 0.1) is 12.8 Å². The van der Waals surface area contributed by atoms with Crippen molar-refractivity contribution >= 4 is 15.7 Å². The second kappa shape index (κ2) is 4.99. The molecule has 0 bridgehead atoms. The Morgan fingerprint density at radius 3 is 2.63 bits per heavy atom. The zero-order valence-electron chi connectivity index (χ0n) is 11.0. The molecule has 0 saturated carbocycles. The number of aryl methyl sites for hydroxylation is 1. The van der Waals surface area contributed by atoms with E-state index in [1.807, 2.05) is 0 Å². The molecule has 3 N–H and O–H groups in total. The zero-order chi connectivity index (χ0) is 14.2. The Bertz CT molecular complexity index is 580. The third-order valence-electron chi connectivity index (χ3n) is 3.35. The maximum Gasteiger partial charge on any atom is 0.246 e. The molecule has 1 aliphatic heterocycles. The minimum Gasteiger partial charge on any atom is -0.495 e. The molecular weight excluding hydrogens is 268 g/mol. The number of hydrogen-bond acceptors (Lipinski definition) is 5. The number of sulfonamides is 1. The van der Waals surface area contributed by atoms with Crippen LogP contribution >= 0.6 is 0 Å². The maximum absolute atomic E-state index is 12.4. The van der Waals surface area contributed by atoms with Gasteiger partial charge in [-0.05, 0) is 24.6 Å². The van der Waals surface area contributed by atoms with Crippen molar-refractivity contribution in [2.75, 3.05) is 32.5 Å². The van der Waals surface area contributed by atoms with E-state index in [4.69, 9.17) is 15.6 Å². The first-order valence-corrected chi connectivity index (χ1v) is 7.39. The highest BCUT2D eigenvalue weighted by Gasteiger charge is 2.37. The Labute approximate surface area is 112 Å². The Morgan fingerprint density at radius 1 is 1.47 bits per heavy atom. The number of nitrogen functional groups attached to an aromatic ring is 1. The molecule has 0 unspecified atom stereocenters. The van der Waals surface area contributed by atoms with Crippen LogP contribution in [0.4, 0.5) is 5.69 Å². The fourth-order valence-electron chi connectivity index (χ4n) is 2.01. The van der Waals surface area contributed by atoms with Crippen molar-refractivity contribution in [1.82, 2.24) is 4.31 Å². The number of benzene rings is 1. The van der Waals surface area contributed by atoms with Crippen LogP contribution in [0.3, 0.4) is 0 Å². The molecule has 0 aliphatic carbocycles. The zero-order valence-corrected chi connectivity index (χ0v) is 11.8. The second-order valence-corrected chi connectivity index (χ2v) is 6.64. The Hall–Kier alpha value is -1.31. The topological polar surface area (TPSA) is 92.9 Å². The molecule has 0 radical (unpaired) electrons. The molecule has 19 heavy (non-hydrogen) atoms. The molecule has 106 valence electrons. The molecular formula is C12H18N2O4S. The minimum atomic E-state index is -3.61. The van der Waals surface area contributed by atoms with Crippen molar-refractivity contribution < 1.29 is 18.3 Å². The van der Waals surface area contributed by atoms with Crippen LogP contribution in [-0.2, 0) is 10.0 Å². The summed E-state index contributed by atoms with van der Waals surface area (Å²) in [5, 5.41) is 8.96. The number of aliphatic hydroxyl groups excluding tert-OH is 1. The highest BCUT2D eigenvalue weighted by Crippen LogP contribution is 2.33. The van der Waals surface area contributed by atoms with E-state index in [9.17, 15) is 8.42 Å². The van der Waals surface area contributed by atoms with Crippen LogP contribution in [0.2, 0.25) is 0 Å². The molecule has 0 atom stereocenters. The van der Waals surface area contributed by atoms with Gasteiger partial charge in [-0.15, -0.1) is 0 Å². The van der Waals surface area contributed by atoms with Crippen LogP contribution in [0.1, 0.15) is 5.56 Å². The summed E-state index contributed by atoms with van der Waals surface area (Å²) < 4.78 is 31.3. The van der Waals surface area contributed by atoms with E-state index in [0.29, 0.717) is 24.5 Å². The highest BCUT2D eigenvalue weighted by atomic mass is 32.2. The van der Waals surface area contributed by atoms with Crippen molar-refractivity contribution in [3.63, 3.8) is 0 Å². The second-order valence-electron chi connectivity index (χ2n) is 4.73. The molecule has 7 heteroatoms. The lowest BCUT2D eigenvalue weighted by molar-refractivity contribution is 0.117. The van der Waals surface area contributed by atoms with E-state index < -0.39 is 10.0 Å². The standard InChI is InChI=1S/C12H18N2O4S/c1-8-3-11(18-2)12(4-10(8)13)19(16,17)14-5-9(6-14)7-15/h3-4,9,15H,5-7,13H2,1-2H3. The molecule has 2 rings (SSSR count). The van der Waals surface area contributed by atoms with Crippen LogP contribution in [0.5, 0.6) is 5.75 Å². The number of hydrogen-bond donors (Lipinski definition) is 2. The number of nitrogens with two attached hydrogens (primary N) is 1. The fraction of sp³-hybridized carbons (Fsp3) is 0.500. The number of ether oxygens (including phenoxy) is 1. The summed E-state index contributed by atoms with van der Waals surface area (Å²) in [5.74, 6) is 0.308. The largest absolute Gasteiger partial charge is 0.495 e. The first kappa shape index (κ1) is 14.1. The van der Waals surface area contributed by atoms with Crippen molar-refractivity contribution in [2.45, 2.75) is 11.8 Å². The van der Waals surface area contributed by atoms with Crippen molar-refractivity contribution in [3.8, 4) is 5.75 Å². The van der Waals surface area contributed by atoms with Crippen LogP contribution in [0.15, 0.2) is 17.0 Å². The summed E-state index contributed by atoms with van der Waals surface area (Å²) in [4.78, 5) is 0.0782. The lowest BCUT2D eigenvalue weighted by atomic mass is 10.1. The first-order valence-electron chi connectivity index (χ1n) is 5.95. The molecule has 0 amide bonds. The van der Waals surface area contributed by atoms with Gasteiger partial charge in [0.1, 0.15) is 10.6 Å². The fourth-order valence-corrected chi connectivity index (χ4v) is 3.78. The molecule has 1 aromatic rings. The Balaban J connectivity index is 2.38. The van der Waals surface area contributed by atoms with Crippen molar-refractivity contribution in [3.05, 3.63) is 17.7 Å². The summed E-state index contributed by atoms with van der Waals surface area (Å²) >= 11 is 0. The van der Waals surface area contributed by atoms with Gasteiger partial charge in [-0.1, -0.05) is 0 Å². The third kappa shape index (κ3) is 2.41.